The van der Waals surface area contributed by atoms with E-state index in [0.717, 1.165) is 25.0 Å². The fraction of sp³-hybridized carbons (Fsp3) is 0.500. The minimum atomic E-state index is 0.407. The molecule has 0 unspecified atom stereocenters. The van der Waals surface area contributed by atoms with Crippen molar-refractivity contribution in [3.63, 3.8) is 0 Å². The molecule has 1 aliphatic carbocycles. The van der Waals surface area contributed by atoms with Crippen LogP contribution in [0.1, 0.15) is 25.3 Å². The predicted octanol–water partition coefficient (Wildman–Crippen LogP) is 3.10. The van der Waals surface area contributed by atoms with Crippen molar-refractivity contribution in [1.29, 1.82) is 0 Å². The molecule has 0 spiro atoms. The molecule has 1 aliphatic rings. The quantitative estimate of drug-likeness (QED) is 0.681. The van der Waals surface area contributed by atoms with Gasteiger partial charge in [0.15, 0.2) is 0 Å². The molecule has 0 radical (unpaired) electrons. The highest BCUT2D eigenvalue weighted by Gasteiger charge is 2.29. The van der Waals surface area contributed by atoms with E-state index in [0.29, 0.717) is 12.1 Å². The normalized spacial score (nSPS) is 24.7. The van der Waals surface area contributed by atoms with Gasteiger partial charge in [0.1, 0.15) is 11.9 Å². The van der Waals surface area contributed by atoms with Crippen LogP contribution < -0.4 is 8.27 Å². The molecular formula is C12H16INO. The van der Waals surface area contributed by atoms with Crippen LogP contribution >= 0.6 is 22.9 Å². The maximum Gasteiger partial charge on any atom is 0.119 e. The molecule has 0 aromatic heterocycles. The summed E-state index contributed by atoms with van der Waals surface area (Å²) in [6.07, 6.45) is 3.72. The van der Waals surface area contributed by atoms with Crippen molar-refractivity contribution in [2.24, 2.45) is 0 Å². The summed E-state index contributed by atoms with van der Waals surface area (Å²) in [6.45, 7) is 2.17. The van der Waals surface area contributed by atoms with E-state index in [4.69, 9.17) is 4.74 Å². The summed E-state index contributed by atoms with van der Waals surface area (Å²) in [5.74, 6) is 1.02. The molecule has 0 bridgehead atoms. The van der Waals surface area contributed by atoms with Crippen LogP contribution in [0.2, 0.25) is 0 Å². The van der Waals surface area contributed by atoms with Crippen molar-refractivity contribution in [2.75, 3.05) is 0 Å². The van der Waals surface area contributed by atoms with E-state index in [9.17, 15) is 0 Å². The van der Waals surface area contributed by atoms with Gasteiger partial charge in [0, 0.05) is 41.7 Å². The van der Waals surface area contributed by atoms with E-state index in [2.05, 4.69) is 51.5 Å². The van der Waals surface area contributed by atoms with E-state index < -0.39 is 0 Å². The zero-order valence-electron chi connectivity index (χ0n) is 8.87. The number of nitrogens with one attached hydrogen (secondary N) is 1. The summed E-state index contributed by atoms with van der Waals surface area (Å²) in [7, 11) is 0. The van der Waals surface area contributed by atoms with Crippen LogP contribution in [-0.4, -0.2) is 12.1 Å². The second kappa shape index (κ2) is 5.16. The Bertz CT molecular complexity index is 323. The molecule has 1 aromatic carbocycles. The molecule has 1 saturated carbocycles. The number of ether oxygens (including phenoxy) is 1. The average molecular weight is 317 g/mol. The number of rotatable bonds is 4. The van der Waals surface area contributed by atoms with Crippen LogP contribution in [-0.2, 0) is 6.42 Å². The van der Waals surface area contributed by atoms with Gasteiger partial charge in [-0.05, 0) is 24.1 Å². The Hall–Kier alpha value is -0.290. The van der Waals surface area contributed by atoms with Gasteiger partial charge >= 0.3 is 0 Å². The van der Waals surface area contributed by atoms with Crippen LogP contribution in [0, 0.1) is 0 Å². The maximum atomic E-state index is 5.88. The zero-order chi connectivity index (χ0) is 10.7. The third kappa shape index (κ3) is 2.84. The van der Waals surface area contributed by atoms with Crippen LogP contribution in [0.4, 0.5) is 0 Å². The van der Waals surface area contributed by atoms with Crippen molar-refractivity contribution in [1.82, 2.24) is 3.53 Å². The fourth-order valence-electron chi connectivity index (χ4n) is 1.78. The number of hydrogen-bond acceptors (Lipinski definition) is 2. The Morgan fingerprint density at radius 2 is 2.27 bits per heavy atom. The van der Waals surface area contributed by atoms with Gasteiger partial charge < -0.3 is 4.74 Å². The summed E-state index contributed by atoms with van der Waals surface area (Å²) in [6, 6.07) is 9.04. The topological polar surface area (TPSA) is 21.3 Å². The van der Waals surface area contributed by atoms with E-state index >= 15 is 0 Å². The molecule has 0 heterocycles. The highest BCUT2D eigenvalue weighted by atomic mass is 127. The van der Waals surface area contributed by atoms with Gasteiger partial charge in [-0.25, -0.2) is 0 Å². The Morgan fingerprint density at radius 3 is 2.93 bits per heavy atom. The lowest BCUT2D eigenvalue weighted by molar-refractivity contribution is 0.0973. The van der Waals surface area contributed by atoms with Gasteiger partial charge in [-0.3, -0.25) is 3.53 Å². The molecule has 1 N–H and O–H groups in total. The largest absolute Gasteiger partial charge is 0.490 e. The fourth-order valence-corrected chi connectivity index (χ4v) is 2.29. The zero-order valence-corrected chi connectivity index (χ0v) is 11.0. The molecule has 0 atom stereocenters. The van der Waals surface area contributed by atoms with Crippen molar-refractivity contribution < 1.29 is 4.74 Å². The maximum absolute atomic E-state index is 5.88. The lowest BCUT2D eigenvalue weighted by atomic mass is 9.90. The smallest absolute Gasteiger partial charge is 0.119 e. The molecular weight excluding hydrogens is 301 g/mol. The third-order valence-corrected chi connectivity index (χ3v) is 3.74. The Kier molecular flexibility index (Phi) is 3.86. The lowest BCUT2D eigenvalue weighted by Crippen LogP contribution is -2.43. The molecule has 2 nitrogen and oxygen atoms in total. The van der Waals surface area contributed by atoms with Gasteiger partial charge in [0.2, 0.25) is 0 Å². The van der Waals surface area contributed by atoms with Gasteiger partial charge in [-0.1, -0.05) is 19.1 Å². The van der Waals surface area contributed by atoms with Crippen LogP contribution in [0.5, 0.6) is 5.75 Å². The molecule has 2 rings (SSSR count). The van der Waals surface area contributed by atoms with E-state index in [1.807, 2.05) is 6.07 Å². The van der Waals surface area contributed by atoms with Crippen molar-refractivity contribution in [3.8, 4) is 5.75 Å². The summed E-state index contributed by atoms with van der Waals surface area (Å²) in [5.41, 5.74) is 1.34. The molecule has 0 amide bonds. The average Bonchev–Trinajstić information content (AvgIpc) is 2.23. The first-order chi connectivity index (χ1) is 7.31. The molecule has 1 aromatic rings. The Labute approximate surface area is 105 Å². The first-order valence-electron chi connectivity index (χ1n) is 5.43. The minimum absolute atomic E-state index is 0.407. The highest BCUT2D eigenvalue weighted by Crippen LogP contribution is 2.26. The highest BCUT2D eigenvalue weighted by molar-refractivity contribution is 14.1. The lowest BCUT2D eigenvalue weighted by Gasteiger charge is -2.34. The second-order valence-corrected chi connectivity index (χ2v) is 4.64. The molecule has 0 saturated heterocycles. The first-order valence-corrected chi connectivity index (χ1v) is 6.51. The van der Waals surface area contributed by atoms with Crippen molar-refractivity contribution >= 4 is 22.9 Å². The number of halogens is 1. The van der Waals surface area contributed by atoms with Crippen molar-refractivity contribution in [3.05, 3.63) is 29.8 Å². The summed E-state index contributed by atoms with van der Waals surface area (Å²) in [4.78, 5) is 0. The summed E-state index contributed by atoms with van der Waals surface area (Å²) in [5, 5.41) is 0. The van der Waals surface area contributed by atoms with Gasteiger partial charge in [0.05, 0.1) is 0 Å². The molecule has 15 heavy (non-hydrogen) atoms. The monoisotopic (exact) mass is 317 g/mol. The van der Waals surface area contributed by atoms with E-state index in [1.54, 1.807) is 0 Å². The van der Waals surface area contributed by atoms with Crippen molar-refractivity contribution in [2.45, 2.75) is 38.3 Å². The first kappa shape index (κ1) is 11.2. The minimum Gasteiger partial charge on any atom is -0.490 e. The van der Waals surface area contributed by atoms with Crippen LogP contribution in [0.3, 0.4) is 0 Å². The standard InChI is InChI=1S/C12H16INO/c1-2-9-4-3-5-11(6-9)15-12-7-10(8-12)14-13/h3-6,10,12,14H,2,7-8H2,1H3. The molecule has 3 heteroatoms. The predicted molar refractivity (Wildman–Crippen MR) is 70.4 cm³/mol. The number of benzene rings is 1. The van der Waals surface area contributed by atoms with Crippen LogP contribution in [0.15, 0.2) is 24.3 Å². The Balaban J connectivity index is 1.88. The second-order valence-electron chi connectivity index (χ2n) is 4.02. The molecule has 82 valence electrons. The summed E-state index contributed by atoms with van der Waals surface area (Å²) >= 11 is 2.21. The number of aryl methyl sites for hydroxylation is 1. The summed E-state index contributed by atoms with van der Waals surface area (Å²) < 4.78 is 9.11. The molecule has 1 fully saturated rings. The van der Waals surface area contributed by atoms with E-state index in [1.165, 1.54) is 5.56 Å². The Morgan fingerprint density at radius 1 is 1.47 bits per heavy atom. The van der Waals surface area contributed by atoms with Gasteiger partial charge in [-0.15, -0.1) is 0 Å². The van der Waals surface area contributed by atoms with Gasteiger partial charge in [0.25, 0.3) is 0 Å². The van der Waals surface area contributed by atoms with E-state index in [-0.39, 0.29) is 0 Å². The van der Waals surface area contributed by atoms with Crippen LogP contribution in [0.25, 0.3) is 0 Å². The number of hydrogen-bond donors (Lipinski definition) is 1. The molecule has 0 aliphatic heterocycles. The third-order valence-electron chi connectivity index (χ3n) is 2.86. The van der Waals surface area contributed by atoms with Gasteiger partial charge in [-0.2, -0.15) is 0 Å². The SMILES string of the molecule is CCc1cccc(OC2CC(NI)C2)c1.